The standard InChI is InChI=1S/C25H21ClN4O2S/c1-16-7-13-20(14-8-16)32-15-21-27-28-25-30(21)29-22(17-9-11-19(26)12-10-17)24(33-25)23(31)18-5-3-2-4-6-18/h2-14,22,24,29H,15H2,1H3. The highest BCUT2D eigenvalue weighted by Crippen LogP contribution is 2.39. The third kappa shape index (κ3) is 4.60. The summed E-state index contributed by atoms with van der Waals surface area (Å²) in [6.45, 7) is 2.28. The minimum Gasteiger partial charge on any atom is -0.486 e. The normalized spacial score (nSPS) is 17.2. The number of ketones is 1. The first kappa shape index (κ1) is 21.6. The zero-order valence-electron chi connectivity index (χ0n) is 17.8. The molecule has 0 saturated carbocycles. The van der Waals surface area contributed by atoms with Gasteiger partial charge in [0.1, 0.15) is 17.6 Å². The van der Waals surface area contributed by atoms with Crippen molar-refractivity contribution in [3.05, 3.63) is 106 Å². The Labute approximate surface area is 200 Å². The molecule has 6 nitrogen and oxygen atoms in total. The van der Waals surface area contributed by atoms with Gasteiger partial charge in [-0.25, -0.2) is 4.68 Å². The van der Waals surface area contributed by atoms with E-state index in [1.165, 1.54) is 17.3 Å². The summed E-state index contributed by atoms with van der Waals surface area (Å²) in [6, 6.07) is 24.4. The zero-order valence-corrected chi connectivity index (χ0v) is 19.4. The molecule has 166 valence electrons. The van der Waals surface area contributed by atoms with Crippen molar-refractivity contribution in [1.82, 2.24) is 14.9 Å². The van der Waals surface area contributed by atoms with Crippen LogP contribution in [0.4, 0.5) is 0 Å². The predicted octanol–water partition coefficient (Wildman–Crippen LogP) is 5.46. The van der Waals surface area contributed by atoms with Gasteiger partial charge in [0.2, 0.25) is 5.16 Å². The molecule has 0 radical (unpaired) electrons. The Bertz CT molecular complexity index is 1260. The molecule has 33 heavy (non-hydrogen) atoms. The smallest absolute Gasteiger partial charge is 0.210 e. The Morgan fingerprint density at radius 1 is 1.03 bits per heavy atom. The average Bonchev–Trinajstić information content (AvgIpc) is 3.25. The average molecular weight is 477 g/mol. The summed E-state index contributed by atoms with van der Waals surface area (Å²) in [5, 5.41) is 9.47. The number of nitrogens with one attached hydrogen (secondary N) is 1. The van der Waals surface area contributed by atoms with E-state index >= 15 is 0 Å². The van der Waals surface area contributed by atoms with Crippen LogP contribution in [0.5, 0.6) is 5.75 Å². The molecule has 0 aliphatic carbocycles. The van der Waals surface area contributed by atoms with E-state index < -0.39 is 5.25 Å². The van der Waals surface area contributed by atoms with Crippen LogP contribution in [0.15, 0.2) is 84.0 Å². The van der Waals surface area contributed by atoms with Crippen molar-refractivity contribution in [3.63, 3.8) is 0 Å². The van der Waals surface area contributed by atoms with E-state index in [-0.39, 0.29) is 18.4 Å². The Kier molecular flexibility index (Phi) is 6.07. The summed E-state index contributed by atoms with van der Waals surface area (Å²) in [4.78, 5) is 13.4. The minimum absolute atomic E-state index is 0.0276. The number of carbonyl (C=O) groups excluding carboxylic acids is 1. The lowest BCUT2D eigenvalue weighted by atomic mass is 9.97. The molecule has 0 amide bonds. The van der Waals surface area contributed by atoms with E-state index in [1.54, 1.807) is 0 Å². The quantitative estimate of drug-likeness (QED) is 0.372. The van der Waals surface area contributed by atoms with Gasteiger partial charge < -0.3 is 10.2 Å². The van der Waals surface area contributed by atoms with E-state index in [2.05, 4.69) is 15.6 Å². The van der Waals surface area contributed by atoms with Crippen LogP contribution in [0.2, 0.25) is 5.02 Å². The van der Waals surface area contributed by atoms with Crippen molar-refractivity contribution >= 4 is 29.1 Å². The SMILES string of the molecule is Cc1ccc(OCc2nnc3n2NC(c2ccc(Cl)cc2)C(C(=O)c2ccccc2)S3)cc1. The molecular formula is C25H21ClN4O2S. The van der Waals surface area contributed by atoms with Gasteiger partial charge in [-0.1, -0.05) is 83.5 Å². The van der Waals surface area contributed by atoms with Gasteiger partial charge in [0, 0.05) is 10.6 Å². The molecule has 0 spiro atoms. The first-order chi connectivity index (χ1) is 16.1. The van der Waals surface area contributed by atoms with Crippen LogP contribution < -0.4 is 10.2 Å². The van der Waals surface area contributed by atoms with Crippen molar-refractivity contribution in [3.8, 4) is 5.75 Å². The van der Waals surface area contributed by atoms with Gasteiger partial charge in [0.15, 0.2) is 11.6 Å². The number of rotatable bonds is 6. The maximum atomic E-state index is 13.4. The molecule has 2 atom stereocenters. The molecule has 5 rings (SSSR count). The second-order valence-electron chi connectivity index (χ2n) is 7.76. The molecule has 4 aromatic rings. The Hall–Kier alpha value is -3.29. The maximum Gasteiger partial charge on any atom is 0.210 e. The molecule has 8 heteroatoms. The molecule has 2 heterocycles. The number of ether oxygens (including phenoxy) is 1. The summed E-state index contributed by atoms with van der Waals surface area (Å²) < 4.78 is 7.73. The number of carbonyl (C=O) groups is 1. The third-order valence-electron chi connectivity index (χ3n) is 5.44. The zero-order chi connectivity index (χ0) is 22.8. The lowest BCUT2D eigenvalue weighted by Gasteiger charge is -2.33. The first-order valence-corrected chi connectivity index (χ1v) is 11.8. The molecule has 2 unspecified atom stereocenters. The monoisotopic (exact) mass is 476 g/mol. The third-order valence-corrected chi connectivity index (χ3v) is 6.91. The van der Waals surface area contributed by atoms with Gasteiger partial charge in [-0.05, 0) is 36.8 Å². The number of halogens is 1. The first-order valence-electron chi connectivity index (χ1n) is 10.5. The van der Waals surface area contributed by atoms with E-state index in [0.717, 1.165) is 11.3 Å². The van der Waals surface area contributed by atoms with E-state index in [4.69, 9.17) is 16.3 Å². The lowest BCUT2D eigenvalue weighted by Crippen LogP contribution is -2.39. The molecular weight excluding hydrogens is 456 g/mol. The second kappa shape index (κ2) is 9.29. The number of aryl methyl sites for hydroxylation is 1. The molecule has 1 aliphatic heterocycles. The van der Waals surface area contributed by atoms with Gasteiger partial charge in [-0.15, -0.1) is 10.2 Å². The predicted molar refractivity (Wildman–Crippen MR) is 130 cm³/mol. The topological polar surface area (TPSA) is 69.0 Å². The molecule has 1 aliphatic rings. The van der Waals surface area contributed by atoms with Crippen LogP contribution in [-0.2, 0) is 6.61 Å². The van der Waals surface area contributed by atoms with Crippen LogP contribution in [0.25, 0.3) is 0 Å². The van der Waals surface area contributed by atoms with Gasteiger partial charge in [0.25, 0.3) is 0 Å². The van der Waals surface area contributed by atoms with Gasteiger partial charge in [-0.3, -0.25) is 4.79 Å². The number of nitrogens with zero attached hydrogens (tertiary/aromatic N) is 3. The van der Waals surface area contributed by atoms with Gasteiger partial charge in [0.05, 0.1) is 6.04 Å². The van der Waals surface area contributed by atoms with E-state index in [0.29, 0.717) is 21.6 Å². The highest BCUT2D eigenvalue weighted by atomic mass is 35.5. The minimum atomic E-state index is -0.420. The molecule has 0 saturated heterocycles. The Morgan fingerprint density at radius 2 is 1.76 bits per heavy atom. The molecule has 0 bridgehead atoms. The largest absolute Gasteiger partial charge is 0.486 e. The summed E-state index contributed by atoms with van der Waals surface area (Å²) in [7, 11) is 0. The van der Waals surface area contributed by atoms with Gasteiger partial charge >= 0.3 is 0 Å². The summed E-state index contributed by atoms with van der Waals surface area (Å²) in [6.07, 6.45) is 0. The number of benzene rings is 3. The molecule has 0 fully saturated rings. The van der Waals surface area contributed by atoms with Gasteiger partial charge in [-0.2, -0.15) is 0 Å². The fourth-order valence-corrected chi connectivity index (χ4v) is 4.96. The molecule has 3 aromatic carbocycles. The van der Waals surface area contributed by atoms with Crippen LogP contribution >= 0.6 is 23.4 Å². The number of thioether (sulfide) groups is 1. The maximum absolute atomic E-state index is 13.4. The van der Waals surface area contributed by atoms with Crippen molar-refractivity contribution in [2.24, 2.45) is 0 Å². The number of Topliss-reactive ketones (excluding diaryl/α,β-unsaturated/α-hetero) is 1. The highest BCUT2D eigenvalue weighted by molar-refractivity contribution is 8.00. The van der Waals surface area contributed by atoms with Crippen LogP contribution in [0, 0.1) is 6.92 Å². The number of fused-ring (bicyclic) bond motifs is 1. The van der Waals surface area contributed by atoms with Crippen LogP contribution in [0.1, 0.15) is 33.4 Å². The van der Waals surface area contributed by atoms with Crippen molar-refractivity contribution < 1.29 is 9.53 Å². The molecule has 1 aromatic heterocycles. The fourth-order valence-electron chi connectivity index (χ4n) is 3.66. The van der Waals surface area contributed by atoms with Crippen molar-refractivity contribution in [2.45, 2.75) is 30.0 Å². The number of hydrogen-bond acceptors (Lipinski definition) is 6. The van der Waals surface area contributed by atoms with Crippen molar-refractivity contribution in [1.29, 1.82) is 0 Å². The summed E-state index contributed by atoms with van der Waals surface area (Å²) in [5.74, 6) is 1.41. The number of aromatic nitrogens is 3. The van der Waals surface area contributed by atoms with Crippen LogP contribution in [0.3, 0.4) is 0 Å². The Balaban J connectivity index is 1.44. The van der Waals surface area contributed by atoms with E-state index in [9.17, 15) is 4.79 Å². The fraction of sp³-hybridized carbons (Fsp3) is 0.160. The lowest BCUT2D eigenvalue weighted by molar-refractivity contribution is 0.0980. The second-order valence-corrected chi connectivity index (χ2v) is 9.31. The molecule has 1 N–H and O–H groups in total. The number of hydrogen-bond donors (Lipinski definition) is 1. The van der Waals surface area contributed by atoms with E-state index in [1.807, 2.05) is 90.5 Å². The summed E-state index contributed by atoms with van der Waals surface area (Å²) in [5.41, 5.74) is 6.23. The summed E-state index contributed by atoms with van der Waals surface area (Å²) >= 11 is 7.51. The highest BCUT2D eigenvalue weighted by Gasteiger charge is 2.38. The Morgan fingerprint density at radius 3 is 2.48 bits per heavy atom. The van der Waals surface area contributed by atoms with Crippen LogP contribution in [-0.4, -0.2) is 25.9 Å². The van der Waals surface area contributed by atoms with Crippen molar-refractivity contribution in [2.75, 3.05) is 5.43 Å².